The highest BCUT2D eigenvalue weighted by molar-refractivity contribution is 5.97. The summed E-state index contributed by atoms with van der Waals surface area (Å²) >= 11 is 0. The van der Waals surface area contributed by atoms with Crippen molar-refractivity contribution in [2.75, 3.05) is 11.9 Å². The SMILES string of the molecule is CC(=O)Nc1ccc(C[C@@H](CO)NC(=O)[C@H](Cc2ccccc2)NC(=O)c2ccccc2)cc1. The van der Waals surface area contributed by atoms with Crippen LogP contribution in [0, 0.1) is 0 Å². The van der Waals surface area contributed by atoms with E-state index >= 15 is 0 Å². The number of hydrogen-bond acceptors (Lipinski definition) is 4. The molecule has 0 aromatic heterocycles. The van der Waals surface area contributed by atoms with Gasteiger partial charge in [-0.05, 0) is 41.8 Å². The van der Waals surface area contributed by atoms with E-state index in [0.717, 1.165) is 11.1 Å². The summed E-state index contributed by atoms with van der Waals surface area (Å²) in [5.41, 5.74) is 2.94. The van der Waals surface area contributed by atoms with Crippen LogP contribution < -0.4 is 16.0 Å². The molecule has 2 atom stereocenters. The van der Waals surface area contributed by atoms with Gasteiger partial charge in [0.2, 0.25) is 11.8 Å². The van der Waals surface area contributed by atoms with Crippen LogP contribution in [0.15, 0.2) is 84.9 Å². The molecule has 3 aromatic carbocycles. The molecule has 0 unspecified atom stereocenters. The zero-order valence-electron chi connectivity index (χ0n) is 19.0. The van der Waals surface area contributed by atoms with Crippen LogP contribution in [0.25, 0.3) is 0 Å². The third kappa shape index (κ3) is 7.56. The highest BCUT2D eigenvalue weighted by Gasteiger charge is 2.24. The van der Waals surface area contributed by atoms with Crippen LogP contribution in [-0.4, -0.2) is 41.5 Å². The molecule has 7 nitrogen and oxygen atoms in total. The Labute approximate surface area is 199 Å². The van der Waals surface area contributed by atoms with E-state index in [1.807, 2.05) is 48.5 Å². The Kier molecular flexibility index (Phi) is 8.94. The second kappa shape index (κ2) is 12.3. The summed E-state index contributed by atoms with van der Waals surface area (Å²) in [5.74, 6) is -0.872. The predicted octanol–water partition coefficient (Wildman–Crippen LogP) is 2.71. The first-order valence-corrected chi connectivity index (χ1v) is 11.1. The fraction of sp³-hybridized carbons (Fsp3) is 0.222. The van der Waals surface area contributed by atoms with Crippen LogP contribution in [0.5, 0.6) is 0 Å². The summed E-state index contributed by atoms with van der Waals surface area (Å²) in [6.45, 7) is 1.18. The van der Waals surface area contributed by atoms with Gasteiger partial charge < -0.3 is 21.1 Å². The molecule has 0 bridgehead atoms. The fourth-order valence-corrected chi connectivity index (χ4v) is 3.57. The molecule has 0 aliphatic carbocycles. The Hall–Kier alpha value is -3.97. The number of aliphatic hydroxyl groups is 1. The smallest absolute Gasteiger partial charge is 0.251 e. The number of hydrogen-bond donors (Lipinski definition) is 4. The molecule has 0 saturated carbocycles. The predicted molar refractivity (Wildman–Crippen MR) is 131 cm³/mol. The number of aliphatic hydroxyl groups excluding tert-OH is 1. The maximum absolute atomic E-state index is 13.2. The number of amides is 3. The van der Waals surface area contributed by atoms with Crippen molar-refractivity contribution in [2.24, 2.45) is 0 Å². The van der Waals surface area contributed by atoms with Crippen molar-refractivity contribution in [3.05, 3.63) is 102 Å². The molecule has 3 aromatic rings. The lowest BCUT2D eigenvalue weighted by atomic mass is 10.0. The van der Waals surface area contributed by atoms with Crippen molar-refractivity contribution in [3.8, 4) is 0 Å². The molecule has 34 heavy (non-hydrogen) atoms. The van der Waals surface area contributed by atoms with E-state index in [1.165, 1.54) is 6.92 Å². The van der Waals surface area contributed by atoms with Crippen molar-refractivity contribution in [1.82, 2.24) is 10.6 Å². The quantitative estimate of drug-likeness (QED) is 0.374. The van der Waals surface area contributed by atoms with Gasteiger partial charge in [0.25, 0.3) is 5.91 Å². The van der Waals surface area contributed by atoms with Crippen LogP contribution in [0.2, 0.25) is 0 Å². The summed E-state index contributed by atoms with van der Waals surface area (Å²) in [6.07, 6.45) is 0.710. The molecule has 0 aliphatic heterocycles. The summed E-state index contributed by atoms with van der Waals surface area (Å²) in [6, 6.07) is 24.0. The molecule has 0 heterocycles. The van der Waals surface area contributed by atoms with Crippen molar-refractivity contribution in [3.63, 3.8) is 0 Å². The first kappa shape index (κ1) is 24.7. The largest absolute Gasteiger partial charge is 0.394 e. The van der Waals surface area contributed by atoms with E-state index < -0.39 is 12.1 Å². The normalized spacial score (nSPS) is 12.3. The molecule has 3 amide bonds. The van der Waals surface area contributed by atoms with Crippen molar-refractivity contribution in [1.29, 1.82) is 0 Å². The minimum absolute atomic E-state index is 0.157. The summed E-state index contributed by atoms with van der Waals surface area (Å²) < 4.78 is 0. The molecule has 0 fully saturated rings. The zero-order valence-corrected chi connectivity index (χ0v) is 19.0. The molecule has 3 rings (SSSR count). The van der Waals surface area contributed by atoms with Crippen LogP contribution in [0.1, 0.15) is 28.4 Å². The number of anilines is 1. The highest BCUT2D eigenvalue weighted by Crippen LogP contribution is 2.12. The maximum Gasteiger partial charge on any atom is 0.251 e. The Bertz CT molecular complexity index is 1090. The summed E-state index contributed by atoms with van der Waals surface area (Å²) in [7, 11) is 0. The molecule has 176 valence electrons. The molecule has 0 spiro atoms. The minimum atomic E-state index is -0.814. The lowest BCUT2D eigenvalue weighted by Gasteiger charge is -2.23. The second-order valence-electron chi connectivity index (χ2n) is 8.05. The van der Waals surface area contributed by atoms with Crippen LogP contribution in [0.4, 0.5) is 5.69 Å². The number of rotatable bonds is 10. The van der Waals surface area contributed by atoms with Crippen LogP contribution in [-0.2, 0) is 22.4 Å². The molecular weight excluding hydrogens is 430 g/mol. The topological polar surface area (TPSA) is 108 Å². The average molecular weight is 460 g/mol. The number of carbonyl (C=O) groups excluding carboxylic acids is 3. The van der Waals surface area contributed by atoms with Crippen molar-refractivity contribution in [2.45, 2.75) is 31.8 Å². The fourth-order valence-electron chi connectivity index (χ4n) is 3.57. The van der Waals surface area contributed by atoms with E-state index in [0.29, 0.717) is 24.1 Å². The van der Waals surface area contributed by atoms with Crippen LogP contribution in [0.3, 0.4) is 0 Å². The Morgan fingerprint density at radius 1 is 0.765 bits per heavy atom. The van der Waals surface area contributed by atoms with Gasteiger partial charge in [-0.1, -0.05) is 60.7 Å². The van der Waals surface area contributed by atoms with Crippen molar-refractivity contribution < 1.29 is 19.5 Å². The monoisotopic (exact) mass is 459 g/mol. The van der Waals surface area contributed by atoms with E-state index in [4.69, 9.17) is 0 Å². The lowest BCUT2D eigenvalue weighted by molar-refractivity contribution is -0.124. The summed E-state index contributed by atoms with van der Waals surface area (Å²) in [5, 5.41) is 18.3. The van der Waals surface area contributed by atoms with Gasteiger partial charge in [0.15, 0.2) is 0 Å². The maximum atomic E-state index is 13.2. The van der Waals surface area contributed by atoms with E-state index in [9.17, 15) is 19.5 Å². The molecule has 7 heteroatoms. The van der Waals surface area contributed by atoms with Gasteiger partial charge in [-0.15, -0.1) is 0 Å². The third-order valence-corrected chi connectivity index (χ3v) is 5.26. The van der Waals surface area contributed by atoms with Gasteiger partial charge in [0.05, 0.1) is 12.6 Å². The van der Waals surface area contributed by atoms with Gasteiger partial charge in [-0.3, -0.25) is 14.4 Å². The van der Waals surface area contributed by atoms with Gasteiger partial charge in [-0.25, -0.2) is 0 Å². The number of benzene rings is 3. The Balaban J connectivity index is 1.69. The standard InChI is InChI=1S/C27H29N3O4/c1-19(32)28-23-14-12-21(13-15-23)16-24(18-31)29-27(34)25(17-20-8-4-2-5-9-20)30-26(33)22-10-6-3-7-11-22/h2-15,24-25,31H,16-18H2,1H3,(H,28,32)(H,29,34)(H,30,33)/t24-,25-/m0/s1. The van der Waals surface area contributed by atoms with Gasteiger partial charge >= 0.3 is 0 Å². The third-order valence-electron chi connectivity index (χ3n) is 5.26. The average Bonchev–Trinajstić information content (AvgIpc) is 2.85. The molecule has 0 saturated heterocycles. The zero-order chi connectivity index (χ0) is 24.3. The molecule has 0 aliphatic rings. The van der Waals surface area contributed by atoms with Gasteiger partial charge in [0, 0.05) is 24.6 Å². The van der Waals surface area contributed by atoms with E-state index in [1.54, 1.807) is 36.4 Å². The van der Waals surface area contributed by atoms with E-state index in [-0.39, 0.29) is 24.3 Å². The summed E-state index contributed by atoms with van der Waals surface area (Å²) in [4.78, 5) is 37.1. The van der Waals surface area contributed by atoms with Crippen molar-refractivity contribution >= 4 is 23.4 Å². The number of nitrogens with one attached hydrogen (secondary N) is 3. The molecule has 0 radical (unpaired) electrons. The van der Waals surface area contributed by atoms with Gasteiger partial charge in [0.1, 0.15) is 6.04 Å². The first-order valence-electron chi connectivity index (χ1n) is 11.1. The lowest BCUT2D eigenvalue weighted by Crippen LogP contribution is -2.52. The highest BCUT2D eigenvalue weighted by atomic mass is 16.3. The Morgan fingerprint density at radius 3 is 1.94 bits per heavy atom. The minimum Gasteiger partial charge on any atom is -0.394 e. The number of carbonyl (C=O) groups is 3. The van der Waals surface area contributed by atoms with Crippen LogP contribution >= 0.6 is 0 Å². The molecule has 4 N–H and O–H groups in total. The first-order chi connectivity index (χ1) is 16.4. The second-order valence-corrected chi connectivity index (χ2v) is 8.05. The molecular formula is C27H29N3O4. The van der Waals surface area contributed by atoms with E-state index in [2.05, 4.69) is 16.0 Å². The Morgan fingerprint density at radius 2 is 1.35 bits per heavy atom. The van der Waals surface area contributed by atoms with Gasteiger partial charge in [-0.2, -0.15) is 0 Å².